The molecule has 42 heavy (non-hydrogen) atoms. The van der Waals surface area contributed by atoms with Gasteiger partial charge in [0.15, 0.2) is 6.10 Å². The number of phosphoric acid groups is 1. The molecule has 4 aromatic rings. The standard InChI is InChI=1S/C31H29O10P/c1-35-25-17-13-23(14-18-25)30(32)37-21-29(39-31(33)24-15-19-26(36-2)20-16-24)22-38-42(34,40-27-9-5-3-6-10-27)41-28-11-7-4-8-12-28/h3-20,29H,21-22H2,1-2H3/t29-/m0/s1. The van der Waals surface area contributed by atoms with Gasteiger partial charge in [-0.3, -0.25) is 4.52 Å². The molecule has 0 aromatic heterocycles. The molecule has 4 rings (SSSR count). The Morgan fingerprint density at radius 1 is 0.595 bits per heavy atom. The monoisotopic (exact) mass is 592 g/mol. The van der Waals surface area contributed by atoms with Gasteiger partial charge in [-0.1, -0.05) is 36.4 Å². The lowest BCUT2D eigenvalue weighted by Crippen LogP contribution is -2.30. The molecule has 0 radical (unpaired) electrons. The van der Waals surface area contributed by atoms with E-state index in [2.05, 4.69) is 0 Å². The molecule has 0 amide bonds. The molecule has 1 atom stereocenters. The van der Waals surface area contributed by atoms with E-state index in [4.69, 9.17) is 32.5 Å². The van der Waals surface area contributed by atoms with Gasteiger partial charge in [0.05, 0.1) is 25.3 Å². The first kappa shape index (κ1) is 30.2. The predicted molar refractivity (Wildman–Crippen MR) is 153 cm³/mol. The van der Waals surface area contributed by atoms with Crippen molar-refractivity contribution < 1.29 is 46.7 Å². The summed E-state index contributed by atoms with van der Waals surface area (Å²) in [6.45, 7) is -0.905. The number of hydrogen-bond donors (Lipinski definition) is 0. The van der Waals surface area contributed by atoms with E-state index in [1.165, 1.54) is 38.5 Å². The Balaban J connectivity index is 1.51. The zero-order valence-corrected chi connectivity index (χ0v) is 23.8. The fourth-order valence-electron chi connectivity index (χ4n) is 3.51. The highest BCUT2D eigenvalue weighted by atomic mass is 31.2. The summed E-state index contributed by atoms with van der Waals surface area (Å²) < 4.78 is 51.9. The molecular weight excluding hydrogens is 563 g/mol. The zero-order chi connectivity index (χ0) is 29.8. The molecule has 0 aliphatic carbocycles. The average molecular weight is 593 g/mol. The number of benzene rings is 4. The van der Waals surface area contributed by atoms with Crippen LogP contribution in [0.15, 0.2) is 109 Å². The van der Waals surface area contributed by atoms with Crippen LogP contribution < -0.4 is 18.5 Å². The van der Waals surface area contributed by atoms with Crippen molar-refractivity contribution in [2.24, 2.45) is 0 Å². The number of rotatable bonds is 14. The molecule has 4 aromatic carbocycles. The van der Waals surface area contributed by atoms with Gasteiger partial charge in [-0.25, -0.2) is 14.2 Å². The first-order chi connectivity index (χ1) is 20.4. The largest absolute Gasteiger partial charge is 0.587 e. The van der Waals surface area contributed by atoms with E-state index >= 15 is 0 Å². The molecule has 0 fully saturated rings. The summed E-state index contributed by atoms with van der Waals surface area (Å²) in [5, 5.41) is 0. The lowest BCUT2D eigenvalue weighted by molar-refractivity contribution is -0.0162. The van der Waals surface area contributed by atoms with Crippen LogP contribution in [0.1, 0.15) is 20.7 Å². The van der Waals surface area contributed by atoms with Crippen LogP contribution in [0.3, 0.4) is 0 Å². The summed E-state index contributed by atoms with van der Waals surface area (Å²) in [4.78, 5) is 25.6. The topological polar surface area (TPSA) is 116 Å². The van der Waals surface area contributed by atoms with E-state index in [1.54, 1.807) is 84.9 Å². The molecule has 0 spiro atoms. The van der Waals surface area contributed by atoms with Crippen LogP contribution in [0.5, 0.6) is 23.0 Å². The molecule has 0 aliphatic rings. The van der Waals surface area contributed by atoms with Crippen molar-refractivity contribution in [1.29, 1.82) is 0 Å². The highest BCUT2D eigenvalue weighted by molar-refractivity contribution is 7.49. The number of ether oxygens (including phenoxy) is 4. The number of para-hydroxylation sites is 2. The maximum absolute atomic E-state index is 13.8. The van der Waals surface area contributed by atoms with Crippen LogP contribution in [0, 0.1) is 0 Å². The molecule has 0 bridgehead atoms. The van der Waals surface area contributed by atoms with Gasteiger partial charge in [0, 0.05) is 0 Å². The first-order valence-corrected chi connectivity index (χ1v) is 14.2. The lowest BCUT2D eigenvalue weighted by atomic mass is 10.2. The van der Waals surface area contributed by atoms with Gasteiger partial charge < -0.3 is 28.0 Å². The van der Waals surface area contributed by atoms with Gasteiger partial charge >= 0.3 is 19.8 Å². The van der Waals surface area contributed by atoms with E-state index < -0.39 is 39.1 Å². The number of carbonyl (C=O) groups excluding carboxylic acids is 2. The molecule has 10 nitrogen and oxygen atoms in total. The van der Waals surface area contributed by atoms with Crippen molar-refractivity contribution in [1.82, 2.24) is 0 Å². The SMILES string of the molecule is COc1ccc(C(=O)OC[C@@H](COP(=O)(Oc2ccccc2)Oc2ccccc2)OC(=O)c2ccc(OC)cc2)cc1. The van der Waals surface area contributed by atoms with Crippen LogP contribution in [-0.2, 0) is 18.6 Å². The zero-order valence-electron chi connectivity index (χ0n) is 22.9. The minimum atomic E-state index is -4.32. The third-order valence-corrected chi connectivity index (χ3v) is 7.00. The molecule has 0 aliphatic heterocycles. The van der Waals surface area contributed by atoms with Gasteiger partial charge in [-0.05, 0) is 72.8 Å². The summed E-state index contributed by atoms with van der Waals surface area (Å²) in [7, 11) is -1.30. The van der Waals surface area contributed by atoms with E-state index in [0.717, 1.165) is 0 Å². The van der Waals surface area contributed by atoms with Crippen molar-refractivity contribution in [3.05, 3.63) is 120 Å². The maximum atomic E-state index is 13.8. The fourth-order valence-corrected chi connectivity index (χ4v) is 4.76. The second-order valence-corrected chi connectivity index (χ2v) is 10.2. The van der Waals surface area contributed by atoms with Gasteiger partial charge in [-0.2, -0.15) is 0 Å². The summed E-state index contributed by atoms with van der Waals surface area (Å²) in [6, 6.07) is 29.2. The van der Waals surface area contributed by atoms with E-state index in [-0.39, 0.29) is 22.6 Å². The summed E-state index contributed by atoms with van der Waals surface area (Å²) in [6.07, 6.45) is -1.19. The van der Waals surface area contributed by atoms with Crippen molar-refractivity contribution in [3.8, 4) is 23.0 Å². The number of phosphoric ester groups is 1. The van der Waals surface area contributed by atoms with Gasteiger partial charge in [-0.15, -0.1) is 0 Å². The Labute approximate surface area is 243 Å². The molecule has 0 saturated heterocycles. The average Bonchev–Trinajstić information content (AvgIpc) is 3.03. The fraction of sp³-hybridized carbons (Fsp3) is 0.161. The second-order valence-electron chi connectivity index (χ2n) is 8.63. The minimum absolute atomic E-state index is 0.214. The number of hydrogen-bond acceptors (Lipinski definition) is 10. The van der Waals surface area contributed by atoms with Crippen molar-refractivity contribution in [2.45, 2.75) is 6.10 Å². The summed E-state index contributed by atoms with van der Waals surface area (Å²) in [5.41, 5.74) is 0.467. The minimum Gasteiger partial charge on any atom is -0.497 e. The van der Waals surface area contributed by atoms with Gasteiger partial charge in [0.2, 0.25) is 0 Å². The Kier molecular flexibility index (Phi) is 10.6. The molecular formula is C31H29O10P. The second kappa shape index (κ2) is 14.7. The molecule has 11 heteroatoms. The normalized spacial score (nSPS) is 11.6. The molecule has 0 heterocycles. The van der Waals surface area contributed by atoms with Crippen molar-refractivity contribution in [2.75, 3.05) is 27.4 Å². The Morgan fingerprint density at radius 2 is 1.05 bits per heavy atom. The van der Waals surface area contributed by atoms with Crippen molar-refractivity contribution in [3.63, 3.8) is 0 Å². The quantitative estimate of drug-likeness (QED) is 0.121. The third kappa shape index (κ3) is 8.86. The van der Waals surface area contributed by atoms with Gasteiger partial charge in [0.1, 0.15) is 36.2 Å². The van der Waals surface area contributed by atoms with Crippen LogP contribution in [0.2, 0.25) is 0 Å². The third-order valence-electron chi connectivity index (χ3n) is 5.66. The summed E-state index contributed by atoms with van der Waals surface area (Å²) >= 11 is 0. The number of methoxy groups -OCH3 is 2. The molecule has 218 valence electrons. The van der Waals surface area contributed by atoms with E-state index in [9.17, 15) is 14.2 Å². The highest BCUT2D eigenvalue weighted by Gasteiger charge is 2.33. The Hall–Kier alpha value is -4.79. The molecule has 0 unspecified atom stereocenters. The van der Waals surface area contributed by atoms with Crippen LogP contribution in [0.25, 0.3) is 0 Å². The maximum Gasteiger partial charge on any atom is 0.587 e. The van der Waals surface area contributed by atoms with Crippen molar-refractivity contribution >= 4 is 19.8 Å². The lowest BCUT2D eigenvalue weighted by Gasteiger charge is -2.22. The number of carbonyl (C=O) groups is 2. The van der Waals surface area contributed by atoms with E-state index in [0.29, 0.717) is 11.5 Å². The van der Waals surface area contributed by atoms with Crippen LogP contribution >= 0.6 is 7.82 Å². The van der Waals surface area contributed by atoms with Crippen LogP contribution in [-0.4, -0.2) is 45.5 Å². The molecule has 0 saturated carbocycles. The molecule has 0 N–H and O–H groups in total. The summed E-state index contributed by atoms with van der Waals surface area (Å²) in [5.74, 6) is 0.182. The predicted octanol–water partition coefficient (Wildman–Crippen LogP) is 6.37. The van der Waals surface area contributed by atoms with Gasteiger partial charge in [0.25, 0.3) is 0 Å². The number of esters is 2. The Bertz CT molecular complexity index is 1430. The smallest absolute Gasteiger partial charge is 0.497 e. The Morgan fingerprint density at radius 3 is 1.50 bits per heavy atom. The van der Waals surface area contributed by atoms with Crippen LogP contribution in [0.4, 0.5) is 0 Å². The highest BCUT2D eigenvalue weighted by Crippen LogP contribution is 2.49. The first-order valence-electron chi connectivity index (χ1n) is 12.8. The van der Waals surface area contributed by atoms with E-state index in [1.807, 2.05) is 0 Å².